The number of amides is 2. The second kappa shape index (κ2) is 4.56. The minimum atomic E-state index is -0.597. The van der Waals surface area contributed by atoms with Crippen molar-refractivity contribution in [2.45, 2.75) is 70.4 Å². The number of hydrogen-bond donors (Lipinski definition) is 1. The normalized spacial score (nSPS) is 24.3. The van der Waals surface area contributed by atoms with Gasteiger partial charge in [0.1, 0.15) is 5.54 Å². The Morgan fingerprint density at radius 1 is 1.28 bits per heavy atom. The van der Waals surface area contributed by atoms with Crippen LogP contribution in [-0.2, 0) is 9.59 Å². The van der Waals surface area contributed by atoms with Gasteiger partial charge in [-0.25, -0.2) is 0 Å². The predicted molar refractivity (Wildman–Crippen MR) is 70.0 cm³/mol. The molecule has 1 aliphatic carbocycles. The first-order valence-corrected chi connectivity index (χ1v) is 7.04. The van der Waals surface area contributed by atoms with E-state index in [0.717, 1.165) is 32.1 Å². The molecule has 0 bridgehead atoms. The number of nitrogens with one attached hydrogen (secondary N) is 1. The van der Waals surface area contributed by atoms with Crippen LogP contribution < -0.4 is 5.32 Å². The van der Waals surface area contributed by atoms with Gasteiger partial charge in [-0.2, -0.15) is 0 Å². The molecule has 0 aromatic heterocycles. The maximum Gasteiger partial charge on any atom is 0.248 e. The van der Waals surface area contributed by atoms with Crippen molar-refractivity contribution in [1.82, 2.24) is 10.2 Å². The van der Waals surface area contributed by atoms with E-state index >= 15 is 0 Å². The molecule has 4 nitrogen and oxygen atoms in total. The maximum atomic E-state index is 12.8. The molecule has 2 rings (SSSR count). The maximum absolute atomic E-state index is 12.8. The molecule has 1 saturated carbocycles. The summed E-state index contributed by atoms with van der Waals surface area (Å²) in [7, 11) is 0. The van der Waals surface area contributed by atoms with Crippen molar-refractivity contribution < 1.29 is 9.59 Å². The van der Waals surface area contributed by atoms with Gasteiger partial charge in [-0.05, 0) is 33.1 Å². The molecule has 4 heteroatoms. The van der Waals surface area contributed by atoms with Gasteiger partial charge in [-0.3, -0.25) is 9.59 Å². The highest BCUT2D eigenvalue weighted by molar-refractivity contribution is 5.94. The first-order valence-electron chi connectivity index (χ1n) is 7.04. The summed E-state index contributed by atoms with van der Waals surface area (Å²) in [5.41, 5.74) is -0.765. The van der Waals surface area contributed by atoms with Crippen molar-refractivity contribution in [3.63, 3.8) is 0 Å². The number of carbonyl (C=O) groups excluding carboxylic acids is 2. The third kappa shape index (κ3) is 2.13. The average Bonchev–Trinajstić information content (AvgIpc) is 2.73. The Balaban J connectivity index is 2.32. The van der Waals surface area contributed by atoms with Gasteiger partial charge in [0.25, 0.3) is 0 Å². The molecule has 0 unspecified atom stereocenters. The average molecular weight is 252 g/mol. The van der Waals surface area contributed by atoms with Crippen molar-refractivity contribution in [2.75, 3.05) is 6.54 Å². The van der Waals surface area contributed by atoms with Crippen LogP contribution >= 0.6 is 0 Å². The van der Waals surface area contributed by atoms with Gasteiger partial charge in [0.2, 0.25) is 11.8 Å². The monoisotopic (exact) mass is 252 g/mol. The number of hydrogen-bond acceptors (Lipinski definition) is 2. The van der Waals surface area contributed by atoms with E-state index in [-0.39, 0.29) is 17.4 Å². The molecule has 1 spiro atoms. The van der Waals surface area contributed by atoms with E-state index in [1.54, 1.807) is 0 Å². The van der Waals surface area contributed by atoms with Crippen molar-refractivity contribution in [3.8, 4) is 0 Å². The van der Waals surface area contributed by atoms with Gasteiger partial charge in [-0.1, -0.05) is 19.8 Å². The molecular formula is C14H24N2O2. The van der Waals surface area contributed by atoms with E-state index in [0.29, 0.717) is 13.0 Å². The zero-order valence-corrected chi connectivity index (χ0v) is 11.7. The molecule has 0 aromatic rings. The molecule has 1 N–H and O–H groups in total. The topological polar surface area (TPSA) is 49.4 Å². The number of rotatable bonds is 2. The third-order valence-electron chi connectivity index (χ3n) is 4.65. The highest BCUT2D eigenvalue weighted by atomic mass is 16.2. The lowest BCUT2D eigenvalue weighted by Crippen LogP contribution is -2.59. The summed E-state index contributed by atoms with van der Waals surface area (Å²) in [5, 5.41) is 3.00. The summed E-state index contributed by atoms with van der Waals surface area (Å²) in [4.78, 5) is 26.6. The van der Waals surface area contributed by atoms with Crippen LogP contribution in [0.25, 0.3) is 0 Å². The van der Waals surface area contributed by atoms with Crippen LogP contribution in [0.5, 0.6) is 0 Å². The van der Waals surface area contributed by atoms with Crippen LogP contribution in [0.3, 0.4) is 0 Å². The van der Waals surface area contributed by atoms with Crippen molar-refractivity contribution >= 4 is 11.8 Å². The smallest absolute Gasteiger partial charge is 0.248 e. The van der Waals surface area contributed by atoms with Gasteiger partial charge < -0.3 is 10.2 Å². The van der Waals surface area contributed by atoms with E-state index in [9.17, 15) is 9.59 Å². The summed E-state index contributed by atoms with van der Waals surface area (Å²) >= 11 is 0. The van der Waals surface area contributed by atoms with Crippen molar-refractivity contribution in [1.29, 1.82) is 0 Å². The lowest BCUT2D eigenvalue weighted by Gasteiger charge is -2.41. The molecule has 18 heavy (non-hydrogen) atoms. The van der Waals surface area contributed by atoms with Gasteiger partial charge in [0.05, 0.1) is 0 Å². The summed E-state index contributed by atoms with van der Waals surface area (Å²) in [6.45, 7) is 6.81. The fraction of sp³-hybridized carbons (Fsp3) is 0.857. The minimum absolute atomic E-state index is 0.0275. The predicted octanol–water partition coefficient (Wildman–Crippen LogP) is 1.84. The lowest BCUT2D eigenvalue weighted by molar-refractivity contribution is -0.143. The quantitative estimate of drug-likeness (QED) is 0.815. The van der Waals surface area contributed by atoms with Crippen LogP contribution in [0.15, 0.2) is 0 Å². The Morgan fingerprint density at radius 2 is 1.89 bits per heavy atom. The second-order valence-corrected chi connectivity index (χ2v) is 6.21. The third-order valence-corrected chi connectivity index (χ3v) is 4.65. The van der Waals surface area contributed by atoms with E-state index in [2.05, 4.69) is 26.1 Å². The summed E-state index contributed by atoms with van der Waals surface area (Å²) in [6, 6.07) is 0. The van der Waals surface area contributed by atoms with Gasteiger partial charge in [0, 0.05) is 18.5 Å². The van der Waals surface area contributed by atoms with Gasteiger partial charge in [-0.15, -0.1) is 0 Å². The molecule has 0 aromatic carbocycles. The van der Waals surface area contributed by atoms with E-state index < -0.39 is 5.54 Å². The fourth-order valence-corrected chi connectivity index (χ4v) is 3.04. The minimum Gasteiger partial charge on any atom is -0.342 e. The van der Waals surface area contributed by atoms with E-state index in [4.69, 9.17) is 0 Å². The molecule has 1 saturated heterocycles. The van der Waals surface area contributed by atoms with Gasteiger partial charge >= 0.3 is 0 Å². The fourth-order valence-electron chi connectivity index (χ4n) is 3.04. The first kappa shape index (κ1) is 13.4. The summed E-state index contributed by atoms with van der Waals surface area (Å²) < 4.78 is 0. The largest absolute Gasteiger partial charge is 0.342 e. The molecular weight excluding hydrogens is 228 g/mol. The van der Waals surface area contributed by atoms with E-state index in [1.165, 1.54) is 0 Å². The van der Waals surface area contributed by atoms with Crippen LogP contribution in [0.1, 0.15) is 59.3 Å². The van der Waals surface area contributed by atoms with Crippen LogP contribution in [0, 0.1) is 0 Å². The standard InChI is InChI=1S/C14H24N2O2/c1-4-13(2,3)16-10-7-11(17)15-14(12(16)18)8-5-6-9-14/h4-10H2,1-3H3,(H,15,17). The van der Waals surface area contributed by atoms with Gasteiger partial charge in [0.15, 0.2) is 0 Å². The van der Waals surface area contributed by atoms with Crippen molar-refractivity contribution in [3.05, 3.63) is 0 Å². The van der Waals surface area contributed by atoms with Crippen LogP contribution in [-0.4, -0.2) is 34.3 Å². The molecule has 1 aliphatic heterocycles. The molecule has 1 heterocycles. The van der Waals surface area contributed by atoms with Crippen molar-refractivity contribution in [2.24, 2.45) is 0 Å². The number of nitrogens with zero attached hydrogens (tertiary/aromatic N) is 1. The summed E-state index contributed by atoms with van der Waals surface area (Å²) in [5.74, 6) is 0.164. The number of carbonyl (C=O) groups is 2. The molecule has 102 valence electrons. The Morgan fingerprint density at radius 3 is 2.44 bits per heavy atom. The zero-order valence-electron chi connectivity index (χ0n) is 11.7. The molecule has 0 atom stereocenters. The Kier molecular flexibility index (Phi) is 3.39. The van der Waals surface area contributed by atoms with Crippen LogP contribution in [0.2, 0.25) is 0 Å². The highest BCUT2D eigenvalue weighted by Crippen LogP contribution is 2.35. The molecule has 2 fully saturated rings. The Labute approximate surface area is 109 Å². The Hall–Kier alpha value is -1.06. The summed E-state index contributed by atoms with van der Waals surface area (Å²) in [6.07, 6.45) is 5.00. The molecule has 0 radical (unpaired) electrons. The lowest BCUT2D eigenvalue weighted by atomic mass is 9.91. The second-order valence-electron chi connectivity index (χ2n) is 6.21. The molecule has 2 amide bonds. The van der Waals surface area contributed by atoms with Crippen LogP contribution in [0.4, 0.5) is 0 Å². The Bertz CT molecular complexity index is 357. The first-order chi connectivity index (χ1) is 8.41. The SMILES string of the molecule is CCC(C)(C)N1CCC(=O)NC2(CCCC2)C1=O. The molecule has 2 aliphatic rings. The van der Waals surface area contributed by atoms with E-state index in [1.807, 2.05) is 4.90 Å². The highest BCUT2D eigenvalue weighted by Gasteiger charge is 2.48. The zero-order chi connectivity index (χ0) is 13.4.